The second-order valence-corrected chi connectivity index (χ2v) is 7.49. The minimum atomic E-state index is -0.597. The van der Waals surface area contributed by atoms with Crippen molar-refractivity contribution >= 4 is 34.8 Å². The molecular weight excluding hydrogens is 454 g/mol. The first kappa shape index (κ1) is 21.8. The van der Waals surface area contributed by atoms with Crippen LogP contribution in [0.3, 0.4) is 0 Å². The molecule has 0 bridgehead atoms. The highest BCUT2D eigenvalue weighted by Crippen LogP contribution is 2.30. The lowest BCUT2D eigenvalue weighted by molar-refractivity contribution is 0.102. The van der Waals surface area contributed by atoms with E-state index >= 15 is 0 Å². The summed E-state index contributed by atoms with van der Waals surface area (Å²) < 4.78 is 21.0. The van der Waals surface area contributed by atoms with Crippen molar-refractivity contribution in [2.24, 2.45) is 0 Å². The number of hydrogen-bond acceptors (Lipinski definition) is 4. The van der Waals surface area contributed by atoms with E-state index in [1.165, 1.54) is 18.2 Å². The number of carbonyl (C=O) groups is 1. The molecule has 1 heterocycles. The molecule has 32 heavy (non-hydrogen) atoms. The number of amides is 1. The number of hydrogen-bond donors (Lipinski definition) is 1. The van der Waals surface area contributed by atoms with Crippen LogP contribution in [0.2, 0.25) is 10.0 Å². The molecule has 0 aliphatic rings. The van der Waals surface area contributed by atoms with Gasteiger partial charge in [-0.05, 0) is 55.5 Å². The first-order valence-electron chi connectivity index (χ1n) is 9.68. The van der Waals surface area contributed by atoms with Crippen molar-refractivity contribution in [2.75, 3.05) is 11.9 Å². The molecule has 0 aliphatic carbocycles. The number of nitrogens with zero attached hydrogens (tertiary/aromatic N) is 3. The monoisotopic (exact) mass is 470 g/mol. The molecule has 6 nitrogen and oxygen atoms in total. The maximum Gasteiger partial charge on any atom is 0.336 e. The summed E-state index contributed by atoms with van der Waals surface area (Å²) in [6, 6.07) is 18.0. The number of rotatable bonds is 6. The Morgan fingerprint density at radius 2 is 1.88 bits per heavy atom. The third-order valence-corrected chi connectivity index (χ3v) is 5.25. The van der Waals surface area contributed by atoms with Gasteiger partial charge in [-0.1, -0.05) is 41.4 Å². The van der Waals surface area contributed by atoms with Crippen LogP contribution in [0, 0.1) is 5.82 Å². The van der Waals surface area contributed by atoms with E-state index in [1.54, 1.807) is 53.2 Å². The smallest absolute Gasteiger partial charge is 0.336 e. The van der Waals surface area contributed by atoms with E-state index in [2.05, 4.69) is 15.4 Å². The SMILES string of the molecule is CCOc1nc(-c2ccc(Cl)c(Cl)c2)n(-c2cccc(NC(=O)c3ccccc3F)c2)n1. The third-order valence-electron chi connectivity index (χ3n) is 4.51. The number of benzene rings is 3. The predicted octanol–water partition coefficient (Wildman–Crippen LogP) is 6.03. The molecule has 1 aromatic heterocycles. The van der Waals surface area contributed by atoms with E-state index in [9.17, 15) is 9.18 Å². The highest BCUT2D eigenvalue weighted by molar-refractivity contribution is 6.42. The van der Waals surface area contributed by atoms with Crippen LogP contribution < -0.4 is 10.1 Å². The fourth-order valence-electron chi connectivity index (χ4n) is 3.04. The molecule has 4 rings (SSSR count). The van der Waals surface area contributed by atoms with Gasteiger partial charge in [0.25, 0.3) is 5.91 Å². The van der Waals surface area contributed by atoms with Crippen LogP contribution in [0.15, 0.2) is 66.7 Å². The summed E-state index contributed by atoms with van der Waals surface area (Å²) in [4.78, 5) is 17.0. The Hall–Kier alpha value is -3.42. The Bertz CT molecular complexity index is 1290. The van der Waals surface area contributed by atoms with Crippen molar-refractivity contribution < 1.29 is 13.9 Å². The Balaban J connectivity index is 1.71. The van der Waals surface area contributed by atoms with E-state index in [0.29, 0.717) is 39.4 Å². The van der Waals surface area contributed by atoms with Gasteiger partial charge in [0.1, 0.15) is 5.82 Å². The minimum absolute atomic E-state index is 0.0474. The van der Waals surface area contributed by atoms with Gasteiger partial charge in [-0.15, -0.1) is 5.10 Å². The standard InChI is InChI=1S/C23H17Cl2FN4O2/c1-2-32-23-28-21(14-10-11-18(24)19(25)12-14)30(29-23)16-7-5-6-15(13-16)27-22(31)17-8-3-4-9-20(17)26/h3-13H,2H2,1H3,(H,27,31). The average molecular weight is 471 g/mol. The third kappa shape index (κ3) is 4.59. The summed E-state index contributed by atoms with van der Waals surface area (Å²) in [5, 5.41) is 7.93. The molecule has 0 spiro atoms. The maximum absolute atomic E-state index is 13.9. The molecule has 0 fully saturated rings. The Morgan fingerprint density at radius 1 is 1.06 bits per heavy atom. The number of halogens is 3. The fraction of sp³-hybridized carbons (Fsp3) is 0.0870. The summed E-state index contributed by atoms with van der Waals surface area (Å²) in [6.45, 7) is 2.22. The molecule has 0 saturated heterocycles. The van der Waals surface area contributed by atoms with Gasteiger partial charge in [0.2, 0.25) is 0 Å². The molecule has 3 aromatic carbocycles. The molecule has 1 N–H and O–H groups in total. The van der Waals surface area contributed by atoms with Crippen LogP contribution in [0.5, 0.6) is 6.01 Å². The maximum atomic E-state index is 13.9. The molecule has 0 atom stereocenters. The lowest BCUT2D eigenvalue weighted by Crippen LogP contribution is -2.14. The van der Waals surface area contributed by atoms with Gasteiger partial charge >= 0.3 is 6.01 Å². The van der Waals surface area contributed by atoms with Crippen LogP contribution in [0.1, 0.15) is 17.3 Å². The first-order valence-corrected chi connectivity index (χ1v) is 10.4. The summed E-state index contributed by atoms with van der Waals surface area (Å²) in [7, 11) is 0. The zero-order chi connectivity index (χ0) is 22.7. The summed E-state index contributed by atoms with van der Waals surface area (Å²) in [5.41, 5.74) is 1.70. The van der Waals surface area contributed by atoms with E-state index < -0.39 is 11.7 Å². The highest BCUT2D eigenvalue weighted by atomic mass is 35.5. The molecule has 9 heteroatoms. The second kappa shape index (κ2) is 9.38. The van der Waals surface area contributed by atoms with Crippen LogP contribution in [-0.4, -0.2) is 27.3 Å². The first-order chi connectivity index (χ1) is 15.5. The van der Waals surface area contributed by atoms with Crippen molar-refractivity contribution in [2.45, 2.75) is 6.92 Å². The minimum Gasteiger partial charge on any atom is -0.463 e. The normalized spacial score (nSPS) is 10.8. The summed E-state index contributed by atoms with van der Waals surface area (Å²) in [5.74, 6) is -0.677. The largest absolute Gasteiger partial charge is 0.463 e. The fourth-order valence-corrected chi connectivity index (χ4v) is 3.34. The van der Waals surface area contributed by atoms with Crippen LogP contribution in [0.25, 0.3) is 17.1 Å². The van der Waals surface area contributed by atoms with Crippen molar-refractivity contribution in [3.63, 3.8) is 0 Å². The predicted molar refractivity (Wildman–Crippen MR) is 122 cm³/mol. The lowest BCUT2D eigenvalue weighted by atomic mass is 10.2. The molecule has 0 radical (unpaired) electrons. The molecule has 4 aromatic rings. The van der Waals surface area contributed by atoms with E-state index in [1.807, 2.05) is 6.92 Å². The number of ether oxygens (including phenoxy) is 1. The van der Waals surface area contributed by atoms with Crippen molar-refractivity contribution in [1.82, 2.24) is 14.8 Å². The number of aromatic nitrogens is 3. The topological polar surface area (TPSA) is 69.0 Å². The Labute approximate surface area is 193 Å². The number of nitrogens with one attached hydrogen (secondary N) is 1. The number of anilines is 1. The van der Waals surface area contributed by atoms with Gasteiger partial charge in [-0.25, -0.2) is 9.07 Å². The van der Waals surface area contributed by atoms with Crippen molar-refractivity contribution in [3.8, 4) is 23.1 Å². The summed E-state index contributed by atoms with van der Waals surface area (Å²) in [6.07, 6.45) is 0. The zero-order valence-corrected chi connectivity index (χ0v) is 18.4. The molecule has 0 unspecified atom stereocenters. The van der Waals surface area contributed by atoms with Gasteiger partial charge in [0.05, 0.1) is 27.9 Å². The van der Waals surface area contributed by atoms with Gasteiger partial charge in [0, 0.05) is 11.3 Å². The molecular formula is C23H17Cl2FN4O2. The van der Waals surface area contributed by atoms with Crippen LogP contribution >= 0.6 is 23.2 Å². The van der Waals surface area contributed by atoms with Crippen molar-refractivity contribution in [1.29, 1.82) is 0 Å². The zero-order valence-electron chi connectivity index (χ0n) is 16.8. The molecule has 0 aliphatic heterocycles. The van der Waals surface area contributed by atoms with E-state index in [4.69, 9.17) is 27.9 Å². The van der Waals surface area contributed by atoms with Gasteiger partial charge < -0.3 is 10.1 Å². The molecule has 162 valence electrons. The van der Waals surface area contributed by atoms with E-state index in [0.717, 1.165) is 0 Å². The average Bonchev–Trinajstić information content (AvgIpc) is 3.20. The Kier molecular flexibility index (Phi) is 6.39. The van der Waals surface area contributed by atoms with Gasteiger partial charge in [-0.2, -0.15) is 4.98 Å². The molecule has 0 saturated carbocycles. The highest BCUT2D eigenvalue weighted by Gasteiger charge is 2.17. The molecule has 1 amide bonds. The van der Waals surface area contributed by atoms with Crippen molar-refractivity contribution in [3.05, 3.63) is 88.2 Å². The quantitative estimate of drug-likeness (QED) is 0.373. The van der Waals surface area contributed by atoms with Crippen LogP contribution in [0.4, 0.5) is 10.1 Å². The lowest BCUT2D eigenvalue weighted by Gasteiger charge is -2.10. The van der Waals surface area contributed by atoms with Gasteiger partial charge in [0.15, 0.2) is 5.82 Å². The summed E-state index contributed by atoms with van der Waals surface area (Å²) >= 11 is 12.2. The second-order valence-electron chi connectivity index (χ2n) is 6.68. The van der Waals surface area contributed by atoms with E-state index in [-0.39, 0.29) is 11.6 Å². The van der Waals surface area contributed by atoms with Crippen LogP contribution in [-0.2, 0) is 0 Å². The van der Waals surface area contributed by atoms with Gasteiger partial charge in [-0.3, -0.25) is 4.79 Å². The number of carbonyl (C=O) groups excluding carboxylic acids is 1. The Morgan fingerprint density at radius 3 is 2.62 bits per heavy atom.